The van der Waals surface area contributed by atoms with Crippen molar-refractivity contribution in [3.05, 3.63) is 52.4 Å². The second-order valence-electron chi connectivity index (χ2n) is 3.86. The lowest BCUT2D eigenvalue weighted by Crippen LogP contribution is -2.22. The number of hydrogen-bond donors (Lipinski definition) is 1. The molecule has 0 aliphatic carbocycles. The molecule has 1 aromatic heterocycles. The van der Waals surface area contributed by atoms with Crippen LogP contribution in [0, 0.1) is 0 Å². The number of thioether (sulfide) groups is 1. The van der Waals surface area contributed by atoms with Gasteiger partial charge in [-0.2, -0.15) is 0 Å². The SMILES string of the molecule is CCSc1ccc(CNC(=O)c2ccc(Br)o2)cc1. The monoisotopic (exact) mass is 339 g/mol. The highest BCUT2D eigenvalue weighted by Crippen LogP contribution is 2.18. The average Bonchev–Trinajstić information content (AvgIpc) is 2.85. The van der Waals surface area contributed by atoms with Crippen LogP contribution in [0.3, 0.4) is 0 Å². The summed E-state index contributed by atoms with van der Waals surface area (Å²) in [6.07, 6.45) is 0. The minimum atomic E-state index is -0.210. The number of carbonyl (C=O) groups is 1. The van der Waals surface area contributed by atoms with E-state index in [1.165, 1.54) is 4.90 Å². The molecule has 0 unspecified atom stereocenters. The van der Waals surface area contributed by atoms with Gasteiger partial charge in [-0.05, 0) is 51.5 Å². The third-order valence-corrected chi connectivity index (χ3v) is 3.80. The topological polar surface area (TPSA) is 42.2 Å². The third kappa shape index (κ3) is 4.14. The van der Waals surface area contributed by atoms with Gasteiger partial charge >= 0.3 is 0 Å². The highest BCUT2D eigenvalue weighted by atomic mass is 79.9. The van der Waals surface area contributed by atoms with Gasteiger partial charge in [0.1, 0.15) is 0 Å². The molecule has 1 amide bonds. The lowest BCUT2D eigenvalue weighted by molar-refractivity contribution is 0.0922. The Morgan fingerprint density at radius 3 is 2.58 bits per heavy atom. The summed E-state index contributed by atoms with van der Waals surface area (Å²) in [6, 6.07) is 11.5. The van der Waals surface area contributed by atoms with Crippen LogP contribution in [0.25, 0.3) is 0 Å². The van der Waals surface area contributed by atoms with E-state index in [-0.39, 0.29) is 5.91 Å². The Balaban J connectivity index is 1.89. The molecule has 1 aromatic carbocycles. The summed E-state index contributed by atoms with van der Waals surface area (Å²) in [7, 11) is 0. The average molecular weight is 340 g/mol. The molecule has 0 spiro atoms. The lowest BCUT2D eigenvalue weighted by atomic mass is 10.2. The second kappa shape index (κ2) is 6.82. The summed E-state index contributed by atoms with van der Waals surface area (Å²) in [5.41, 5.74) is 1.07. The van der Waals surface area contributed by atoms with Gasteiger partial charge in [-0.25, -0.2) is 0 Å². The molecule has 0 radical (unpaired) electrons. The molecule has 0 aliphatic heterocycles. The van der Waals surface area contributed by atoms with Crippen molar-refractivity contribution < 1.29 is 9.21 Å². The van der Waals surface area contributed by atoms with Crippen LogP contribution in [0.1, 0.15) is 23.0 Å². The maximum absolute atomic E-state index is 11.8. The minimum absolute atomic E-state index is 0.210. The first-order valence-corrected chi connectivity index (χ1v) is 7.72. The molecular weight excluding hydrogens is 326 g/mol. The van der Waals surface area contributed by atoms with E-state index in [0.29, 0.717) is 17.0 Å². The highest BCUT2D eigenvalue weighted by Gasteiger charge is 2.09. The summed E-state index contributed by atoms with van der Waals surface area (Å²) in [4.78, 5) is 13.0. The zero-order valence-electron chi connectivity index (χ0n) is 10.5. The summed E-state index contributed by atoms with van der Waals surface area (Å²) in [6.45, 7) is 2.62. The smallest absolute Gasteiger partial charge is 0.287 e. The predicted octanol–water partition coefficient (Wildman–Crippen LogP) is 4.08. The third-order valence-electron chi connectivity index (χ3n) is 2.48. The van der Waals surface area contributed by atoms with Crippen LogP contribution >= 0.6 is 27.7 Å². The van der Waals surface area contributed by atoms with Crippen molar-refractivity contribution in [1.29, 1.82) is 0 Å². The number of nitrogens with one attached hydrogen (secondary N) is 1. The molecule has 5 heteroatoms. The molecule has 0 fully saturated rings. The normalized spacial score (nSPS) is 10.4. The largest absolute Gasteiger partial charge is 0.444 e. The summed E-state index contributed by atoms with van der Waals surface area (Å²) >= 11 is 4.97. The fourth-order valence-corrected chi connectivity index (χ4v) is 2.54. The van der Waals surface area contributed by atoms with Gasteiger partial charge in [-0.1, -0.05) is 19.1 Å². The highest BCUT2D eigenvalue weighted by molar-refractivity contribution is 9.10. The zero-order chi connectivity index (χ0) is 13.7. The maximum atomic E-state index is 11.8. The van der Waals surface area contributed by atoms with Gasteiger partial charge in [-0.15, -0.1) is 11.8 Å². The molecule has 0 atom stereocenters. The van der Waals surface area contributed by atoms with Gasteiger partial charge in [-0.3, -0.25) is 4.79 Å². The molecule has 2 aromatic rings. The number of carbonyl (C=O) groups excluding carboxylic acids is 1. The molecule has 0 saturated heterocycles. The van der Waals surface area contributed by atoms with Gasteiger partial charge in [0, 0.05) is 11.4 Å². The Kier molecular flexibility index (Phi) is 5.10. The standard InChI is InChI=1S/C14H14BrNO2S/c1-2-19-11-5-3-10(4-6-11)9-16-14(17)12-7-8-13(15)18-12/h3-8H,2,9H2,1H3,(H,16,17). The Morgan fingerprint density at radius 1 is 1.26 bits per heavy atom. The molecule has 0 aliphatic rings. The van der Waals surface area contributed by atoms with Crippen LogP contribution in [-0.4, -0.2) is 11.7 Å². The molecule has 100 valence electrons. The van der Waals surface area contributed by atoms with Crippen molar-refractivity contribution in [2.75, 3.05) is 5.75 Å². The molecule has 1 heterocycles. The van der Waals surface area contributed by atoms with Crippen molar-refractivity contribution in [3.63, 3.8) is 0 Å². The number of benzene rings is 1. The van der Waals surface area contributed by atoms with E-state index in [9.17, 15) is 4.79 Å². The van der Waals surface area contributed by atoms with Crippen molar-refractivity contribution in [3.8, 4) is 0 Å². The van der Waals surface area contributed by atoms with E-state index in [4.69, 9.17) is 4.42 Å². The number of furan rings is 1. The minimum Gasteiger partial charge on any atom is -0.444 e. The van der Waals surface area contributed by atoms with Gasteiger partial charge in [0.25, 0.3) is 5.91 Å². The van der Waals surface area contributed by atoms with Crippen molar-refractivity contribution >= 4 is 33.6 Å². The van der Waals surface area contributed by atoms with Gasteiger partial charge < -0.3 is 9.73 Å². The fraction of sp³-hybridized carbons (Fsp3) is 0.214. The van der Waals surface area contributed by atoms with Crippen molar-refractivity contribution in [2.24, 2.45) is 0 Å². The summed E-state index contributed by atoms with van der Waals surface area (Å²) < 4.78 is 5.74. The molecule has 1 N–H and O–H groups in total. The Bertz CT molecular complexity index is 551. The van der Waals surface area contributed by atoms with Crippen LogP contribution < -0.4 is 5.32 Å². The van der Waals surface area contributed by atoms with Crippen LogP contribution in [0.5, 0.6) is 0 Å². The van der Waals surface area contributed by atoms with E-state index in [0.717, 1.165) is 11.3 Å². The Hall–Kier alpha value is -1.20. The number of hydrogen-bond acceptors (Lipinski definition) is 3. The van der Waals surface area contributed by atoms with Gasteiger partial charge in [0.15, 0.2) is 10.4 Å². The molecular formula is C14H14BrNO2S. The Morgan fingerprint density at radius 2 is 2.00 bits per heavy atom. The van der Waals surface area contributed by atoms with E-state index >= 15 is 0 Å². The maximum Gasteiger partial charge on any atom is 0.287 e. The first kappa shape index (κ1) is 14.2. The fourth-order valence-electron chi connectivity index (χ4n) is 1.58. The number of halogens is 1. The van der Waals surface area contributed by atoms with Crippen LogP contribution in [0.4, 0.5) is 0 Å². The van der Waals surface area contributed by atoms with Crippen LogP contribution in [0.15, 0.2) is 50.4 Å². The van der Waals surface area contributed by atoms with E-state index < -0.39 is 0 Å². The Labute approximate surface area is 124 Å². The molecule has 3 nitrogen and oxygen atoms in total. The van der Waals surface area contributed by atoms with Crippen molar-refractivity contribution in [2.45, 2.75) is 18.4 Å². The predicted molar refractivity (Wildman–Crippen MR) is 80.4 cm³/mol. The van der Waals surface area contributed by atoms with Gasteiger partial charge in [0.2, 0.25) is 0 Å². The molecule has 0 bridgehead atoms. The van der Waals surface area contributed by atoms with E-state index in [2.05, 4.69) is 40.3 Å². The molecule has 19 heavy (non-hydrogen) atoms. The van der Waals surface area contributed by atoms with E-state index in [1.807, 2.05) is 12.1 Å². The lowest BCUT2D eigenvalue weighted by Gasteiger charge is -2.04. The summed E-state index contributed by atoms with van der Waals surface area (Å²) in [5, 5.41) is 2.82. The van der Waals surface area contributed by atoms with E-state index in [1.54, 1.807) is 23.9 Å². The van der Waals surface area contributed by atoms with Crippen LogP contribution in [0.2, 0.25) is 0 Å². The number of rotatable bonds is 5. The summed E-state index contributed by atoms with van der Waals surface area (Å²) in [5.74, 6) is 1.16. The van der Waals surface area contributed by atoms with Crippen molar-refractivity contribution in [1.82, 2.24) is 5.32 Å². The first-order chi connectivity index (χ1) is 9.19. The van der Waals surface area contributed by atoms with Gasteiger partial charge in [0.05, 0.1) is 0 Å². The quantitative estimate of drug-likeness (QED) is 0.834. The number of amides is 1. The second-order valence-corrected chi connectivity index (χ2v) is 5.98. The molecule has 0 saturated carbocycles. The first-order valence-electron chi connectivity index (χ1n) is 5.94. The van der Waals surface area contributed by atoms with Crippen LogP contribution in [-0.2, 0) is 6.54 Å². The molecule has 2 rings (SSSR count). The zero-order valence-corrected chi connectivity index (χ0v) is 12.9.